The van der Waals surface area contributed by atoms with Crippen molar-refractivity contribution in [2.45, 2.75) is 19.5 Å². The summed E-state index contributed by atoms with van der Waals surface area (Å²) in [6.07, 6.45) is 1.28. The van der Waals surface area contributed by atoms with E-state index in [0.717, 1.165) is 25.1 Å². The molecule has 1 aliphatic rings. The fourth-order valence-corrected chi connectivity index (χ4v) is 3.17. The Labute approximate surface area is 151 Å². The molecule has 0 bridgehead atoms. The van der Waals surface area contributed by atoms with Crippen LogP contribution in [0.5, 0.6) is 5.75 Å². The highest BCUT2D eigenvalue weighted by atomic mass is 19.3. The van der Waals surface area contributed by atoms with Gasteiger partial charge in [-0.1, -0.05) is 30.3 Å². The summed E-state index contributed by atoms with van der Waals surface area (Å²) in [5, 5.41) is 2.98. The molecular formula is C20H22F2N2O2. The van der Waals surface area contributed by atoms with Gasteiger partial charge in [0, 0.05) is 25.3 Å². The maximum Gasteiger partial charge on any atom is 0.387 e. The fourth-order valence-electron chi connectivity index (χ4n) is 3.17. The normalized spacial score (nSPS) is 16.7. The molecule has 0 radical (unpaired) electrons. The number of rotatable bonds is 7. The monoisotopic (exact) mass is 360 g/mol. The van der Waals surface area contributed by atoms with Crippen LogP contribution in [0.1, 0.15) is 12.0 Å². The number of hydrogen-bond donors (Lipinski definition) is 1. The Morgan fingerprint density at radius 3 is 2.58 bits per heavy atom. The van der Waals surface area contributed by atoms with Gasteiger partial charge in [0.05, 0.1) is 6.42 Å². The van der Waals surface area contributed by atoms with Crippen LogP contribution in [-0.2, 0) is 11.2 Å². The highest BCUT2D eigenvalue weighted by molar-refractivity contribution is 5.78. The van der Waals surface area contributed by atoms with Crippen molar-refractivity contribution in [3.05, 3.63) is 60.2 Å². The van der Waals surface area contributed by atoms with Crippen LogP contribution in [0.3, 0.4) is 0 Å². The van der Waals surface area contributed by atoms with E-state index in [9.17, 15) is 13.6 Å². The SMILES string of the molecule is O=C(Cc1ccc(OC(F)F)cc1)NCC1CCN(c2ccccc2)C1. The first kappa shape index (κ1) is 18.2. The summed E-state index contributed by atoms with van der Waals surface area (Å²) in [6.45, 7) is -0.263. The molecule has 1 amide bonds. The molecule has 1 unspecified atom stereocenters. The third-order valence-corrected chi connectivity index (χ3v) is 4.51. The van der Waals surface area contributed by atoms with Crippen LogP contribution in [0.2, 0.25) is 0 Å². The molecule has 6 heteroatoms. The van der Waals surface area contributed by atoms with E-state index in [-0.39, 0.29) is 18.1 Å². The number of carbonyl (C=O) groups excluding carboxylic acids is 1. The summed E-state index contributed by atoms with van der Waals surface area (Å²) in [5.41, 5.74) is 1.98. The number of para-hydroxylation sites is 1. The molecule has 2 aromatic carbocycles. The standard InChI is InChI=1S/C20H22F2N2O2/c21-20(22)26-18-8-6-15(7-9-18)12-19(25)23-13-16-10-11-24(14-16)17-4-2-1-3-5-17/h1-9,16,20H,10-14H2,(H,23,25). The van der Waals surface area contributed by atoms with Gasteiger partial charge in [-0.05, 0) is 42.2 Å². The summed E-state index contributed by atoms with van der Waals surface area (Å²) in [4.78, 5) is 14.4. The van der Waals surface area contributed by atoms with E-state index >= 15 is 0 Å². The molecule has 0 aliphatic carbocycles. The third-order valence-electron chi connectivity index (χ3n) is 4.51. The number of amides is 1. The molecule has 3 rings (SSSR count). The number of nitrogens with one attached hydrogen (secondary N) is 1. The topological polar surface area (TPSA) is 41.6 Å². The van der Waals surface area contributed by atoms with Crippen LogP contribution in [-0.4, -0.2) is 32.2 Å². The second kappa shape index (κ2) is 8.65. The van der Waals surface area contributed by atoms with Crippen molar-refractivity contribution in [3.8, 4) is 5.75 Å². The van der Waals surface area contributed by atoms with Crippen molar-refractivity contribution in [1.29, 1.82) is 0 Å². The second-order valence-corrected chi connectivity index (χ2v) is 6.44. The van der Waals surface area contributed by atoms with Gasteiger partial charge in [-0.25, -0.2) is 0 Å². The summed E-state index contributed by atoms with van der Waals surface area (Å²) in [7, 11) is 0. The number of alkyl halides is 2. The van der Waals surface area contributed by atoms with Gasteiger partial charge < -0.3 is 15.0 Å². The molecule has 1 aliphatic heterocycles. The van der Waals surface area contributed by atoms with E-state index < -0.39 is 6.61 Å². The van der Waals surface area contributed by atoms with Crippen molar-refractivity contribution < 1.29 is 18.3 Å². The lowest BCUT2D eigenvalue weighted by molar-refractivity contribution is -0.120. The van der Waals surface area contributed by atoms with Gasteiger partial charge in [0.25, 0.3) is 0 Å². The number of ether oxygens (including phenoxy) is 1. The van der Waals surface area contributed by atoms with Crippen LogP contribution < -0.4 is 15.0 Å². The summed E-state index contributed by atoms with van der Waals surface area (Å²) in [5.74, 6) is 0.461. The number of hydrogen-bond acceptors (Lipinski definition) is 3. The summed E-state index contributed by atoms with van der Waals surface area (Å²) >= 11 is 0. The van der Waals surface area contributed by atoms with Crippen molar-refractivity contribution in [1.82, 2.24) is 5.32 Å². The largest absolute Gasteiger partial charge is 0.435 e. The Morgan fingerprint density at radius 2 is 1.88 bits per heavy atom. The number of carbonyl (C=O) groups is 1. The maximum absolute atomic E-state index is 12.1. The van der Waals surface area contributed by atoms with Crippen LogP contribution >= 0.6 is 0 Å². The molecule has 1 N–H and O–H groups in total. The zero-order chi connectivity index (χ0) is 18.4. The molecule has 0 aromatic heterocycles. The zero-order valence-corrected chi connectivity index (χ0v) is 14.4. The predicted molar refractivity (Wildman–Crippen MR) is 96.5 cm³/mol. The molecule has 1 heterocycles. The average molecular weight is 360 g/mol. The molecule has 138 valence electrons. The van der Waals surface area contributed by atoms with Crippen molar-refractivity contribution >= 4 is 11.6 Å². The Morgan fingerprint density at radius 1 is 1.15 bits per heavy atom. The Hall–Kier alpha value is -2.63. The molecule has 0 saturated carbocycles. The quantitative estimate of drug-likeness (QED) is 0.822. The number of benzene rings is 2. The van der Waals surface area contributed by atoms with Gasteiger partial charge in [-0.2, -0.15) is 8.78 Å². The Bertz CT molecular complexity index is 708. The van der Waals surface area contributed by atoms with Crippen LogP contribution in [0.4, 0.5) is 14.5 Å². The number of halogens is 2. The van der Waals surface area contributed by atoms with E-state index in [1.807, 2.05) is 18.2 Å². The summed E-state index contributed by atoms with van der Waals surface area (Å²) < 4.78 is 28.5. The lowest BCUT2D eigenvalue weighted by Crippen LogP contribution is -2.32. The fraction of sp³-hybridized carbons (Fsp3) is 0.350. The molecule has 1 saturated heterocycles. The van der Waals surface area contributed by atoms with Crippen LogP contribution in [0.25, 0.3) is 0 Å². The van der Waals surface area contributed by atoms with Crippen molar-refractivity contribution in [2.75, 3.05) is 24.5 Å². The predicted octanol–water partition coefficient (Wildman–Crippen LogP) is 3.47. The van der Waals surface area contributed by atoms with Crippen LogP contribution in [0, 0.1) is 5.92 Å². The van der Waals surface area contributed by atoms with E-state index in [4.69, 9.17) is 0 Å². The van der Waals surface area contributed by atoms with Gasteiger partial charge in [-0.3, -0.25) is 4.79 Å². The minimum atomic E-state index is -2.84. The minimum absolute atomic E-state index is 0.0642. The van der Waals surface area contributed by atoms with E-state index in [1.165, 1.54) is 17.8 Å². The third kappa shape index (κ3) is 5.18. The van der Waals surface area contributed by atoms with Gasteiger partial charge in [0.15, 0.2) is 0 Å². The van der Waals surface area contributed by atoms with Crippen LogP contribution in [0.15, 0.2) is 54.6 Å². The number of nitrogens with zero attached hydrogens (tertiary/aromatic N) is 1. The number of anilines is 1. The molecule has 1 fully saturated rings. The molecule has 4 nitrogen and oxygen atoms in total. The van der Waals surface area contributed by atoms with E-state index in [2.05, 4.69) is 27.1 Å². The van der Waals surface area contributed by atoms with Gasteiger partial charge in [0.2, 0.25) is 5.91 Å². The smallest absolute Gasteiger partial charge is 0.387 e. The highest BCUT2D eigenvalue weighted by Crippen LogP contribution is 2.23. The van der Waals surface area contributed by atoms with Gasteiger partial charge in [-0.15, -0.1) is 0 Å². The first-order valence-electron chi connectivity index (χ1n) is 8.70. The molecule has 2 aromatic rings. The Balaban J connectivity index is 1.42. The van der Waals surface area contributed by atoms with Crippen molar-refractivity contribution in [2.24, 2.45) is 5.92 Å². The molecule has 0 spiro atoms. The lowest BCUT2D eigenvalue weighted by atomic mass is 10.1. The molecule has 26 heavy (non-hydrogen) atoms. The summed E-state index contributed by atoms with van der Waals surface area (Å²) in [6, 6.07) is 16.4. The molecular weight excluding hydrogens is 338 g/mol. The van der Waals surface area contributed by atoms with Crippen molar-refractivity contribution in [3.63, 3.8) is 0 Å². The Kier molecular flexibility index (Phi) is 6.04. The first-order chi connectivity index (χ1) is 12.6. The average Bonchev–Trinajstić information content (AvgIpc) is 3.11. The lowest BCUT2D eigenvalue weighted by Gasteiger charge is -2.18. The van der Waals surface area contributed by atoms with Gasteiger partial charge in [0.1, 0.15) is 5.75 Å². The highest BCUT2D eigenvalue weighted by Gasteiger charge is 2.22. The molecule has 1 atom stereocenters. The van der Waals surface area contributed by atoms with Gasteiger partial charge >= 0.3 is 6.61 Å². The van der Waals surface area contributed by atoms with E-state index in [1.54, 1.807) is 12.1 Å². The zero-order valence-electron chi connectivity index (χ0n) is 14.4. The maximum atomic E-state index is 12.1. The second-order valence-electron chi connectivity index (χ2n) is 6.44. The first-order valence-corrected chi connectivity index (χ1v) is 8.70. The minimum Gasteiger partial charge on any atom is -0.435 e. The van der Waals surface area contributed by atoms with E-state index in [0.29, 0.717) is 12.5 Å².